The van der Waals surface area contributed by atoms with Crippen LogP contribution >= 0.6 is 0 Å². The molecule has 3 nitrogen and oxygen atoms in total. The van der Waals surface area contributed by atoms with Crippen LogP contribution in [0, 0.1) is 0 Å². The number of hydrogen-bond acceptors (Lipinski definition) is 2. The Kier molecular flexibility index (Phi) is 5.81. The lowest BCUT2D eigenvalue weighted by molar-refractivity contribution is -0.132. The van der Waals surface area contributed by atoms with E-state index in [2.05, 4.69) is 30.8 Å². The lowest BCUT2D eigenvalue weighted by Crippen LogP contribution is -2.41. The maximum atomic E-state index is 12.0. The van der Waals surface area contributed by atoms with Gasteiger partial charge in [0.1, 0.15) is 0 Å². The Balaban J connectivity index is 2.35. The maximum absolute atomic E-state index is 12.0. The topological polar surface area (TPSA) is 23.6 Å². The summed E-state index contributed by atoms with van der Waals surface area (Å²) in [4.78, 5) is 16.3. The average molecular weight is 226 g/mol. The van der Waals surface area contributed by atoms with E-state index in [-0.39, 0.29) is 0 Å². The minimum absolute atomic E-state index is 0.373. The average Bonchev–Trinajstić information content (AvgIpc) is 2.65. The van der Waals surface area contributed by atoms with Gasteiger partial charge < -0.3 is 9.80 Å². The molecule has 1 aliphatic rings. The molecule has 1 heterocycles. The fourth-order valence-corrected chi connectivity index (χ4v) is 2.45. The number of rotatable bonds is 6. The Morgan fingerprint density at radius 1 is 1.38 bits per heavy atom. The highest BCUT2D eigenvalue weighted by atomic mass is 16.2. The third-order valence-corrected chi connectivity index (χ3v) is 3.27. The molecule has 16 heavy (non-hydrogen) atoms. The summed E-state index contributed by atoms with van der Waals surface area (Å²) in [5.41, 5.74) is 0. The zero-order chi connectivity index (χ0) is 12.0. The first-order valence-electron chi connectivity index (χ1n) is 6.59. The maximum Gasteiger partial charge on any atom is 0.222 e. The van der Waals surface area contributed by atoms with Gasteiger partial charge in [-0.2, -0.15) is 0 Å². The van der Waals surface area contributed by atoms with Gasteiger partial charge in [0.15, 0.2) is 0 Å². The second kappa shape index (κ2) is 6.89. The van der Waals surface area contributed by atoms with Crippen LogP contribution in [0.4, 0.5) is 0 Å². The smallest absolute Gasteiger partial charge is 0.222 e. The molecule has 1 amide bonds. The molecule has 1 atom stereocenters. The Labute approximate surface area is 99.8 Å². The van der Waals surface area contributed by atoms with Crippen molar-refractivity contribution in [3.05, 3.63) is 0 Å². The Morgan fingerprint density at radius 3 is 2.75 bits per heavy atom. The lowest BCUT2D eigenvalue weighted by Gasteiger charge is -2.27. The molecule has 0 spiro atoms. The molecular formula is C13H26N2O. The molecule has 0 saturated carbocycles. The third-order valence-electron chi connectivity index (χ3n) is 3.27. The van der Waals surface area contributed by atoms with E-state index in [1.165, 1.54) is 25.7 Å². The highest BCUT2D eigenvalue weighted by molar-refractivity contribution is 5.76. The number of hydrogen-bond donors (Lipinski definition) is 0. The predicted octanol–water partition coefficient (Wildman–Crippen LogP) is 2.12. The minimum atomic E-state index is 0.373. The molecule has 0 bridgehead atoms. The van der Waals surface area contributed by atoms with Gasteiger partial charge in [-0.3, -0.25) is 4.79 Å². The van der Waals surface area contributed by atoms with E-state index in [4.69, 9.17) is 0 Å². The van der Waals surface area contributed by atoms with Crippen LogP contribution in [-0.4, -0.2) is 48.9 Å². The van der Waals surface area contributed by atoms with Crippen molar-refractivity contribution < 1.29 is 4.79 Å². The van der Waals surface area contributed by atoms with Crippen LogP contribution in [0.25, 0.3) is 0 Å². The van der Waals surface area contributed by atoms with E-state index in [1.807, 2.05) is 0 Å². The third kappa shape index (κ3) is 4.12. The molecule has 1 saturated heterocycles. The van der Waals surface area contributed by atoms with Crippen LogP contribution in [-0.2, 0) is 4.79 Å². The van der Waals surface area contributed by atoms with Gasteiger partial charge in [0, 0.05) is 25.6 Å². The van der Waals surface area contributed by atoms with E-state index < -0.39 is 0 Å². The van der Waals surface area contributed by atoms with Crippen molar-refractivity contribution in [1.82, 2.24) is 9.80 Å². The highest BCUT2D eigenvalue weighted by Crippen LogP contribution is 2.19. The van der Waals surface area contributed by atoms with Crippen LogP contribution in [0.15, 0.2) is 0 Å². The van der Waals surface area contributed by atoms with Gasteiger partial charge in [0.2, 0.25) is 5.91 Å². The quantitative estimate of drug-likeness (QED) is 0.648. The summed E-state index contributed by atoms with van der Waals surface area (Å²) in [7, 11) is 4.16. The summed E-state index contributed by atoms with van der Waals surface area (Å²) in [6.07, 6.45) is 6.53. The van der Waals surface area contributed by atoms with Gasteiger partial charge in [-0.15, -0.1) is 0 Å². The number of likely N-dealkylation sites (tertiary alicyclic amines) is 1. The molecular weight excluding hydrogens is 200 g/mol. The number of carbonyl (C=O) groups excluding carboxylic acids is 1. The molecule has 0 aromatic carbocycles. The predicted molar refractivity (Wildman–Crippen MR) is 67.4 cm³/mol. The molecule has 0 N–H and O–H groups in total. The summed E-state index contributed by atoms with van der Waals surface area (Å²) in [5.74, 6) is 0.373. The second-order valence-electron chi connectivity index (χ2n) is 5.10. The monoisotopic (exact) mass is 226 g/mol. The lowest BCUT2D eigenvalue weighted by atomic mass is 10.1. The molecule has 0 aromatic rings. The molecule has 94 valence electrons. The number of amides is 1. The Morgan fingerprint density at radius 2 is 2.12 bits per heavy atom. The summed E-state index contributed by atoms with van der Waals surface area (Å²) < 4.78 is 0. The first-order chi connectivity index (χ1) is 7.65. The number of unbranched alkanes of at least 4 members (excludes halogenated alkanes) is 2. The first-order valence-corrected chi connectivity index (χ1v) is 6.59. The van der Waals surface area contributed by atoms with Crippen molar-refractivity contribution in [3.63, 3.8) is 0 Å². The van der Waals surface area contributed by atoms with E-state index in [0.717, 1.165) is 25.9 Å². The highest BCUT2D eigenvalue weighted by Gasteiger charge is 2.28. The van der Waals surface area contributed by atoms with Crippen LogP contribution in [0.2, 0.25) is 0 Å². The van der Waals surface area contributed by atoms with Crippen molar-refractivity contribution in [3.8, 4) is 0 Å². The molecule has 1 fully saturated rings. The molecule has 1 rings (SSSR count). The van der Waals surface area contributed by atoms with Gasteiger partial charge in [-0.1, -0.05) is 19.8 Å². The minimum Gasteiger partial charge on any atom is -0.338 e. The van der Waals surface area contributed by atoms with Gasteiger partial charge in [-0.25, -0.2) is 0 Å². The Hall–Kier alpha value is -0.570. The van der Waals surface area contributed by atoms with Crippen LogP contribution in [0.3, 0.4) is 0 Å². The fraction of sp³-hybridized carbons (Fsp3) is 0.923. The molecule has 3 heteroatoms. The van der Waals surface area contributed by atoms with E-state index >= 15 is 0 Å². The van der Waals surface area contributed by atoms with Crippen molar-refractivity contribution in [2.24, 2.45) is 0 Å². The van der Waals surface area contributed by atoms with Gasteiger partial charge >= 0.3 is 0 Å². The molecule has 0 aliphatic carbocycles. The number of carbonyl (C=O) groups is 1. The SMILES string of the molecule is CCCCCC(=O)N1CCC[C@H]1CN(C)C. The Bertz CT molecular complexity index is 216. The van der Waals surface area contributed by atoms with Crippen LogP contribution in [0.5, 0.6) is 0 Å². The van der Waals surface area contributed by atoms with E-state index in [1.54, 1.807) is 0 Å². The summed E-state index contributed by atoms with van der Waals surface area (Å²) in [5, 5.41) is 0. The molecule has 0 radical (unpaired) electrons. The number of nitrogens with zero attached hydrogens (tertiary/aromatic N) is 2. The summed E-state index contributed by atoms with van der Waals surface area (Å²) in [6, 6.07) is 0.462. The van der Waals surface area contributed by atoms with Crippen LogP contribution in [0.1, 0.15) is 45.4 Å². The standard InChI is InChI=1S/C13H26N2O/c1-4-5-6-9-13(16)15-10-7-8-12(15)11-14(2)3/h12H,4-11H2,1-3H3/t12-/m0/s1. The molecule has 0 unspecified atom stereocenters. The summed E-state index contributed by atoms with van der Waals surface area (Å²) >= 11 is 0. The first kappa shape index (κ1) is 13.5. The number of likely N-dealkylation sites (N-methyl/N-ethyl adjacent to an activating group) is 1. The molecule has 1 aliphatic heterocycles. The molecule has 0 aromatic heterocycles. The second-order valence-corrected chi connectivity index (χ2v) is 5.10. The van der Waals surface area contributed by atoms with Crippen molar-refractivity contribution in [1.29, 1.82) is 0 Å². The fourth-order valence-electron chi connectivity index (χ4n) is 2.45. The van der Waals surface area contributed by atoms with E-state index in [0.29, 0.717) is 11.9 Å². The van der Waals surface area contributed by atoms with Crippen molar-refractivity contribution >= 4 is 5.91 Å². The normalized spacial score (nSPS) is 20.8. The largest absolute Gasteiger partial charge is 0.338 e. The summed E-state index contributed by atoms with van der Waals surface area (Å²) in [6.45, 7) is 4.16. The van der Waals surface area contributed by atoms with Crippen molar-refractivity contribution in [2.75, 3.05) is 27.2 Å². The van der Waals surface area contributed by atoms with Gasteiger partial charge in [-0.05, 0) is 33.4 Å². The zero-order valence-corrected chi connectivity index (χ0v) is 11.0. The van der Waals surface area contributed by atoms with Gasteiger partial charge in [0.25, 0.3) is 0 Å². The van der Waals surface area contributed by atoms with Crippen molar-refractivity contribution in [2.45, 2.75) is 51.5 Å². The van der Waals surface area contributed by atoms with Gasteiger partial charge in [0.05, 0.1) is 0 Å². The van der Waals surface area contributed by atoms with Crippen LogP contribution < -0.4 is 0 Å². The zero-order valence-electron chi connectivity index (χ0n) is 11.0. The van der Waals surface area contributed by atoms with E-state index in [9.17, 15) is 4.79 Å².